The van der Waals surface area contributed by atoms with E-state index in [9.17, 15) is 19.5 Å². The summed E-state index contributed by atoms with van der Waals surface area (Å²) >= 11 is 0. The maximum Gasteiger partial charge on any atom is 0.333 e. The molecule has 0 aromatic heterocycles. The molecule has 1 aromatic carbocycles. The minimum Gasteiger partial charge on any atom is -0.488 e. The fourth-order valence-electron chi connectivity index (χ4n) is 3.13. The lowest BCUT2D eigenvalue weighted by atomic mass is 10.2. The largest absolute Gasteiger partial charge is 0.488 e. The molecule has 2 aliphatic rings. The zero-order chi connectivity index (χ0) is 23.1. The van der Waals surface area contributed by atoms with Gasteiger partial charge in [-0.05, 0) is 12.1 Å². The Morgan fingerprint density at radius 3 is 2.50 bits per heavy atom. The third-order valence-electron chi connectivity index (χ3n) is 4.97. The summed E-state index contributed by atoms with van der Waals surface area (Å²) in [5.41, 5.74) is -0.145. The van der Waals surface area contributed by atoms with E-state index >= 15 is 0 Å². The Morgan fingerprint density at radius 2 is 1.84 bits per heavy atom. The summed E-state index contributed by atoms with van der Waals surface area (Å²) in [5.74, 6) is -0.662. The second kappa shape index (κ2) is 11.0. The van der Waals surface area contributed by atoms with Crippen LogP contribution >= 0.6 is 0 Å². The summed E-state index contributed by atoms with van der Waals surface area (Å²) < 4.78 is 22.6. The predicted octanol–water partition coefficient (Wildman–Crippen LogP) is -0.292. The van der Waals surface area contributed by atoms with Crippen molar-refractivity contribution >= 4 is 17.8 Å². The standard InChI is InChI=1S/C21H27N3O8/c1-23-19(26)15(20(27)24(2)21(23)28)10-22-8-9-29-17-12-31-18(32-16(17)11-25)13-30-14-6-4-3-5-7-14/h3-7,10,16-18,22,25H,8-9,11-13H2,1-2H3/t16-,17?,18?/m0/s1. The molecular weight excluding hydrogens is 422 g/mol. The van der Waals surface area contributed by atoms with Crippen LogP contribution in [0.1, 0.15) is 0 Å². The number of barbiturate groups is 1. The first-order valence-electron chi connectivity index (χ1n) is 10.1. The third-order valence-corrected chi connectivity index (χ3v) is 4.97. The van der Waals surface area contributed by atoms with Gasteiger partial charge in [0.05, 0.1) is 19.8 Å². The van der Waals surface area contributed by atoms with Gasteiger partial charge in [-0.3, -0.25) is 19.4 Å². The molecule has 11 nitrogen and oxygen atoms in total. The second-order valence-electron chi connectivity index (χ2n) is 7.18. The van der Waals surface area contributed by atoms with Crippen molar-refractivity contribution in [3.05, 3.63) is 42.1 Å². The van der Waals surface area contributed by atoms with Crippen LogP contribution in [0.3, 0.4) is 0 Å². The zero-order valence-electron chi connectivity index (χ0n) is 17.9. The number of rotatable bonds is 9. The molecule has 4 amide bonds. The number of carbonyl (C=O) groups is 3. The number of carbonyl (C=O) groups excluding carboxylic acids is 3. The van der Waals surface area contributed by atoms with Gasteiger partial charge < -0.3 is 29.4 Å². The molecule has 2 saturated heterocycles. The maximum atomic E-state index is 12.1. The summed E-state index contributed by atoms with van der Waals surface area (Å²) in [6, 6.07) is 8.57. The quantitative estimate of drug-likeness (QED) is 0.297. The average Bonchev–Trinajstić information content (AvgIpc) is 2.82. The molecule has 2 aliphatic heterocycles. The van der Waals surface area contributed by atoms with Crippen molar-refractivity contribution in [2.75, 3.05) is 47.1 Å². The predicted molar refractivity (Wildman–Crippen MR) is 110 cm³/mol. The van der Waals surface area contributed by atoms with Crippen LogP contribution < -0.4 is 10.1 Å². The molecule has 0 saturated carbocycles. The number of aliphatic hydroxyl groups excluding tert-OH is 1. The van der Waals surface area contributed by atoms with Crippen molar-refractivity contribution in [3.63, 3.8) is 0 Å². The molecule has 174 valence electrons. The highest BCUT2D eigenvalue weighted by Gasteiger charge is 2.38. The molecule has 11 heteroatoms. The molecule has 3 atom stereocenters. The number of hydrogen-bond acceptors (Lipinski definition) is 9. The van der Waals surface area contributed by atoms with Crippen molar-refractivity contribution in [1.82, 2.24) is 15.1 Å². The Kier molecular flexibility index (Phi) is 8.17. The van der Waals surface area contributed by atoms with Crippen molar-refractivity contribution in [1.29, 1.82) is 0 Å². The van der Waals surface area contributed by atoms with Gasteiger partial charge in [-0.25, -0.2) is 4.79 Å². The van der Waals surface area contributed by atoms with Crippen molar-refractivity contribution in [3.8, 4) is 5.75 Å². The van der Waals surface area contributed by atoms with E-state index in [0.29, 0.717) is 5.75 Å². The number of nitrogens with zero attached hydrogens (tertiary/aromatic N) is 2. The number of hydrogen-bond donors (Lipinski definition) is 2. The van der Waals surface area contributed by atoms with E-state index in [1.807, 2.05) is 30.3 Å². The highest BCUT2D eigenvalue weighted by atomic mass is 16.7. The number of para-hydroxylation sites is 1. The van der Waals surface area contributed by atoms with Crippen LogP contribution in [-0.4, -0.2) is 98.3 Å². The van der Waals surface area contributed by atoms with Crippen LogP contribution in [0.25, 0.3) is 0 Å². The average molecular weight is 449 g/mol. The van der Waals surface area contributed by atoms with E-state index in [4.69, 9.17) is 18.9 Å². The van der Waals surface area contributed by atoms with Crippen LogP contribution in [0.5, 0.6) is 5.75 Å². The first-order valence-corrected chi connectivity index (χ1v) is 10.1. The summed E-state index contributed by atoms with van der Waals surface area (Å²) in [5, 5.41) is 12.5. The van der Waals surface area contributed by atoms with E-state index in [1.54, 1.807) is 0 Å². The van der Waals surface area contributed by atoms with Gasteiger partial charge in [0, 0.05) is 26.8 Å². The number of nitrogens with one attached hydrogen (secondary N) is 1. The first kappa shape index (κ1) is 23.7. The molecule has 2 fully saturated rings. The van der Waals surface area contributed by atoms with E-state index in [2.05, 4.69) is 5.32 Å². The molecule has 32 heavy (non-hydrogen) atoms. The minimum atomic E-state index is -0.680. The van der Waals surface area contributed by atoms with Gasteiger partial charge >= 0.3 is 6.03 Å². The fourth-order valence-corrected chi connectivity index (χ4v) is 3.13. The second-order valence-corrected chi connectivity index (χ2v) is 7.18. The Morgan fingerprint density at radius 1 is 1.16 bits per heavy atom. The lowest BCUT2D eigenvalue weighted by Crippen LogP contribution is -2.53. The molecule has 0 spiro atoms. The summed E-state index contributed by atoms with van der Waals surface area (Å²) in [4.78, 5) is 37.7. The normalized spacial score (nSPS) is 24.0. The SMILES string of the molecule is CN1C(=O)C(=CNCCOC2COC(COc3ccccc3)O[C@H]2CO)C(=O)N(C)C1=O. The fraction of sp³-hybridized carbons (Fsp3) is 0.476. The highest BCUT2D eigenvalue weighted by molar-refractivity contribution is 6.28. The molecular formula is C21H27N3O8. The number of urea groups is 1. The van der Waals surface area contributed by atoms with Crippen LogP contribution in [0, 0.1) is 0 Å². The van der Waals surface area contributed by atoms with Crippen LogP contribution in [0.4, 0.5) is 4.79 Å². The van der Waals surface area contributed by atoms with Crippen LogP contribution in [-0.2, 0) is 23.8 Å². The number of imide groups is 2. The number of likely N-dealkylation sites (N-methyl/N-ethyl adjacent to an activating group) is 2. The zero-order valence-corrected chi connectivity index (χ0v) is 17.9. The molecule has 2 unspecified atom stereocenters. The van der Waals surface area contributed by atoms with Gasteiger partial charge in [0.15, 0.2) is 6.29 Å². The summed E-state index contributed by atoms with van der Waals surface area (Å²) in [6.45, 7) is 0.624. The Balaban J connectivity index is 1.41. The number of benzene rings is 1. The van der Waals surface area contributed by atoms with Gasteiger partial charge in [0.1, 0.15) is 30.1 Å². The molecule has 3 rings (SSSR count). The Labute approximate surface area is 185 Å². The minimum absolute atomic E-state index is 0.145. The Bertz CT molecular complexity index is 821. The topological polar surface area (TPSA) is 127 Å². The molecule has 0 radical (unpaired) electrons. The van der Waals surface area contributed by atoms with Gasteiger partial charge in [0.25, 0.3) is 11.8 Å². The maximum absolute atomic E-state index is 12.1. The van der Waals surface area contributed by atoms with Gasteiger partial charge in [-0.15, -0.1) is 0 Å². The van der Waals surface area contributed by atoms with E-state index < -0.39 is 36.3 Å². The molecule has 2 heterocycles. The van der Waals surface area contributed by atoms with Gasteiger partial charge in [-0.2, -0.15) is 0 Å². The van der Waals surface area contributed by atoms with Gasteiger partial charge in [0.2, 0.25) is 0 Å². The van der Waals surface area contributed by atoms with Crippen LogP contribution in [0.2, 0.25) is 0 Å². The van der Waals surface area contributed by atoms with Crippen molar-refractivity contribution in [2.24, 2.45) is 0 Å². The first-order chi connectivity index (χ1) is 15.4. The van der Waals surface area contributed by atoms with E-state index in [1.165, 1.54) is 20.3 Å². The van der Waals surface area contributed by atoms with Crippen molar-refractivity contribution in [2.45, 2.75) is 18.5 Å². The molecule has 0 bridgehead atoms. The third kappa shape index (κ3) is 5.62. The summed E-state index contributed by atoms with van der Waals surface area (Å²) in [7, 11) is 2.61. The Hall–Kier alpha value is -2.99. The highest BCUT2D eigenvalue weighted by Crippen LogP contribution is 2.18. The molecule has 1 aromatic rings. The van der Waals surface area contributed by atoms with E-state index in [-0.39, 0.29) is 38.5 Å². The monoisotopic (exact) mass is 449 g/mol. The van der Waals surface area contributed by atoms with E-state index in [0.717, 1.165) is 9.80 Å². The van der Waals surface area contributed by atoms with Gasteiger partial charge in [-0.1, -0.05) is 18.2 Å². The summed E-state index contributed by atoms with van der Waals surface area (Å²) in [6.07, 6.45) is -0.437. The van der Waals surface area contributed by atoms with Crippen molar-refractivity contribution < 1.29 is 38.4 Å². The van der Waals surface area contributed by atoms with Crippen LogP contribution in [0.15, 0.2) is 42.1 Å². The number of aliphatic hydroxyl groups is 1. The lowest BCUT2D eigenvalue weighted by molar-refractivity contribution is -0.273. The molecule has 2 N–H and O–H groups in total. The number of ether oxygens (including phenoxy) is 4. The molecule has 0 aliphatic carbocycles. The lowest BCUT2D eigenvalue weighted by Gasteiger charge is -2.35. The number of amides is 4. The smallest absolute Gasteiger partial charge is 0.333 e.